The van der Waals surface area contributed by atoms with Gasteiger partial charge in [-0.2, -0.15) is 0 Å². The number of hydrogen-bond acceptors (Lipinski definition) is 5. The molecule has 0 aromatic heterocycles. The van der Waals surface area contributed by atoms with E-state index in [4.69, 9.17) is 5.11 Å². The third-order valence-corrected chi connectivity index (χ3v) is 3.77. The van der Waals surface area contributed by atoms with Gasteiger partial charge in [-0.25, -0.2) is 0 Å². The average molecular weight is 301 g/mol. The van der Waals surface area contributed by atoms with Gasteiger partial charge in [0.25, 0.3) is 11.8 Å². The molecule has 3 rings (SSSR count). The van der Waals surface area contributed by atoms with Crippen molar-refractivity contribution in [2.45, 2.75) is 6.42 Å². The normalized spacial score (nSPS) is 17.2. The van der Waals surface area contributed by atoms with E-state index in [-0.39, 0.29) is 24.8 Å². The summed E-state index contributed by atoms with van der Waals surface area (Å²) >= 11 is 0. The van der Waals surface area contributed by atoms with Crippen molar-refractivity contribution in [1.82, 2.24) is 4.90 Å². The molecule has 2 aliphatic rings. The predicted molar refractivity (Wildman–Crippen MR) is 79.1 cm³/mol. The van der Waals surface area contributed by atoms with Crippen molar-refractivity contribution >= 4 is 29.1 Å². The van der Waals surface area contributed by atoms with Crippen LogP contribution in [0.2, 0.25) is 0 Å². The molecule has 1 aromatic carbocycles. The highest BCUT2D eigenvalue weighted by Crippen LogP contribution is 2.31. The fourth-order valence-electron chi connectivity index (χ4n) is 2.58. The third-order valence-electron chi connectivity index (χ3n) is 3.77. The highest BCUT2D eigenvalue weighted by Gasteiger charge is 2.31. The number of rotatable bonds is 4. The van der Waals surface area contributed by atoms with Gasteiger partial charge in [-0.05, 0) is 17.7 Å². The van der Waals surface area contributed by atoms with Gasteiger partial charge in [0.15, 0.2) is 0 Å². The minimum Gasteiger partial charge on any atom is -0.395 e. The molecule has 0 bridgehead atoms. The summed E-state index contributed by atoms with van der Waals surface area (Å²) in [5.41, 5.74) is 2.51. The number of aliphatic hydroxyl groups is 1. The lowest BCUT2D eigenvalue weighted by Crippen LogP contribution is -2.34. The summed E-state index contributed by atoms with van der Waals surface area (Å²) in [6.07, 6.45) is 1.58. The quantitative estimate of drug-likeness (QED) is 0.756. The molecule has 7 nitrogen and oxygen atoms in total. The molecule has 0 spiro atoms. The van der Waals surface area contributed by atoms with Crippen molar-refractivity contribution in [3.63, 3.8) is 0 Å². The van der Waals surface area contributed by atoms with E-state index in [0.29, 0.717) is 12.1 Å². The second kappa shape index (κ2) is 5.27. The number of carbonyl (C=O) groups excluding carboxylic acids is 3. The van der Waals surface area contributed by atoms with E-state index in [0.717, 1.165) is 16.2 Å². The first-order valence-corrected chi connectivity index (χ1v) is 6.86. The molecule has 2 aliphatic heterocycles. The van der Waals surface area contributed by atoms with E-state index in [9.17, 15) is 14.4 Å². The zero-order chi connectivity index (χ0) is 15.9. The van der Waals surface area contributed by atoms with Crippen molar-refractivity contribution in [2.75, 3.05) is 30.4 Å². The Morgan fingerprint density at radius 3 is 2.77 bits per heavy atom. The van der Waals surface area contributed by atoms with Crippen LogP contribution in [0.4, 0.5) is 11.4 Å². The zero-order valence-corrected chi connectivity index (χ0v) is 12.0. The summed E-state index contributed by atoms with van der Waals surface area (Å²) < 4.78 is 0. The number of β-amino-alcohol motifs (C(OH)–C–C–N with tert-alkyl or cyclic N) is 1. The molecule has 1 aromatic rings. The molecule has 0 saturated heterocycles. The number of fused-ring (bicyclic) bond motifs is 1. The lowest BCUT2D eigenvalue weighted by Gasteiger charge is -2.15. The highest BCUT2D eigenvalue weighted by molar-refractivity contribution is 6.17. The number of nitrogens with zero attached hydrogens (tertiary/aromatic N) is 2. The Hall–Kier alpha value is -2.67. The van der Waals surface area contributed by atoms with Crippen LogP contribution in [0.3, 0.4) is 0 Å². The highest BCUT2D eigenvalue weighted by atomic mass is 16.3. The maximum absolute atomic E-state index is 12.1. The summed E-state index contributed by atoms with van der Waals surface area (Å²) in [5, 5.41) is 11.8. The van der Waals surface area contributed by atoms with Gasteiger partial charge in [-0.3, -0.25) is 19.3 Å². The number of amides is 3. The third kappa shape index (κ3) is 2.25. The monoisotopic (exact) mass is 301 g/mol. The number of imide groups is 1. The van der Waals surface area contributed by atoms with Crippen LogP contribution in [0.25, 0.3) is 0 Å². The van der Waals surface area contributed by atoms with Gasteiger partial charge in [-0.15, -0.1) is 0 Å². The molecule has 114 valence electrons. The lowest BCUT2D eigenvalue weighted by atomic mass is 10.1. The Morgan fingerprint density at radius 2 is 2.05 bits per heavy atom. The van der Waals surface area contributed by atoms with Crippen molar-refractivity contribution in [3.05, 3.63) is 35.5 Å². The number of aliphatic hydroxyl groups excluding tert-OH is 1. The molecular formula is C15H15N3O4. The van der Waals surface area contributed by atoms with Gasteiger partial charge < -0.3 is 15.3 Å². The molecule has 0 radical (unpaired) electrons. The van der Waals surface area contributed by atoms with Crippen molar-refractivity contribution in [2.24, 2.45) is 0 Å². The standard InChI is InChI=1S/C15H15N3O4/c1-17-12-7-10(3-2-9(12)6-13(17)20)16-11-8-14(21)18(4-5-19)15(11)22/h2-3,7-8,16,19H,4-6H2,1H3. The molecule has 2 heterocycles. The van der Waals surface area contributed by atoms with Crippen LogP contribution in [0.1, 0.15) is 5.56 Å². The molecule has 2 N–H and O–H groups in total. The van der Waals surface area contributed by atoms with Gasteiger partial charge in [0, 0.05) is 24.5 Å². The number of hydrogen-bond donors (Lipinski definition) is 2. The number of carbonyl (C=O) groups is 3. The number of nitrogens with one attached hydrogen (secondary N) is 1. The Bertz CT molecular complexity index is 711. The molecule has 3 amide bonds. The fourth-order valence-corrected chi connectivity index (χ4v) is 2.58. The lowest BCUT2D eigenvalue weighted by molar-refractivity contribution is -0.137. The van der Waals surface area contributed by atoms with Gasteiger partial charge in [-0.1, -0.05) is 6.07 Å². The summed E-state index contributed by atoms with van der Waals surface area (Å²) in [5.74, 6) is -0.897. The van der Waals surface area contributed by atoms with Crippen LogP contribution in [-0.2, 0) is 20.8 Å². The number of benzene rings is 1. The molecule has 0 unspecified atom stereocenters. The first kappa shape index (κ1) is 14.3. The van der Waals surface area contributed by atoms with Gasteiger partial charge in [0.2, 0.25) is 5.91 Å². The predicted octanol–water partition coefficient (Wildman–Crippen LogP) is -0.138. The molecule has 0 aliphatic carbocycles. The Labute approximate surface area is 126 Å². The Balaban J connectivity index is 1.81. The van der Waals surface area contributed by atoms with E-state index in [1.807, 2.05) is 6.07 Å². The molecule has 22 heavy (non-hydrogen) atoms. The zero-order valence-electron chi connectivity index (χ0n) is 12.0. The van der Waals surface area contributed by atoms with E-state index in [2.05, 4.69) is 5.32 Å². The minimum atomic E-state index is -0.469. The van der Waals surface area contributed by atoms with Crippen LogP contribution in [0.15, 0.2) is 30.0 Å². The molecule has 0 atom stereocenters. The summed E-state index contributed by atoms with van der Waals surface area (Å²) in [7, 11) is 1.70. The van der Waals surface area contributed by atoms with Crippen LogP contribution >= 0.6 is 0 Å². The minimum absolute atomic E-state index is 0.0209. The van der Waals surface area contributed by atoms with Crippen LogP contribution < -0.4 is 10.2 Å². The first-order valence-electron chi connectivity index (χ1n) is 6.86. The average Bonchev–Trinajstić information content (AvgIpc) is 2.91. The summed E-state index contributed by atoms with van der Waals surface area (Å²) in [6.45, 7) is -0.300. The largest absolute Gasteiger partial charge is 0.395 e. The topological polar surface area (TPSA) is 90.0 Å². The van der Waals surface area contributed by atoms with Crippen LogP contribution in [0, 0.1) is 0 Å². The van der Waals surface area contributed by atoms with Crippen molar-refractivity contribution in [1.29, 1.82) is 0 Å². The second-order valence-electron chi connectivity index (χ2n) is 5.17. The van der Waals surface area contributed by atoms with Gasteiger partial charge in [0.05, 0.1) is 19.6 Å². The summed E-state index contributed by atoms with van der Waals surface area (Å²) in [6, 6.07) is 5.36. The smallest absolute Gasteiger partial charge is 0.277 e. The van der Waals surface area contributed by atoms with E-state index >= 15 is 0 Å². The van der Waals surface area contributed by atoms with Crippen LogP contribution in [0.5, 0.6) is 0 Å². The number of likely N-dealkylation sites (N-methyl/N-ethyl adjacent to an activating group) is 1. The van der Waals surface area contributed by atoms with Gasteiger partial charge in [0.1, 0.15) is 5.70 Å². The maximum atomic E-state index is 12.1. The molecular weight excluding hydrogens is 286 g/mol. The molecule has 0 saturated carbocycles. The van der Waals surface area contributed by atoms with E-state index in [1.54, 1.807) is 24.1 Å². The van der Waals surface area contributed by atoms with Crippen molar-refractivity contribution < 1.29 is 19.5 Å². The molecule has 0 fully saturated rings. The van der Waals surface area contributed by atoms with Crippen molar-refractivity contribution in [3.8, 4) is 0 Å². The fraction of sp³-hybridized carbons (Fsp3) is 0.267. The number of anilines is 2. The Kier molecular flexibility index (Phi) is 3.42. The van der Waals surface area contributed by atoms with Gasteiger partial charge >= 0.3 is 0 Å². The second-order valence-corrected chi connectivity index (χ2v) is 5.17. The summed E-state index contributed by atoms with van der Waals surface area (Å²) in [4.78, 5) is 37.9. The SMILES string of the molecule is CN1C(=O)Cc2ccc(NC3=CC(=O)N(CCO)C3=O)cc21. The molecule has 7 heteroatoms. The Morgan fingerprint density at radius 1 is 1.27 bits per heavy atom. The maximum Gasteiger partial charge on any atom is 0.277 e. The van der Waals surface area contributed by atoms with Crippen LogP contribution in [-0.4, -0.2) is 47.9 Å². The van der Waals surface area contributed by atoms with E-state index < -0.39 is 11.8 Å². The van der Waals surface area contributed by atoms with E-state index in [1.165, 1.54) is 6.08 Å². The first-order chi connectivity index (χ1) is 10.5.